The first-order valence-electron chi connectivity index (χ1n) is 10.9. The summed E-state index contributed by atoms with van der Waals surface area (Å²) in [5.74, 6) is -1.87. The number of cyclic esters (lactones) is 1. The maximum atomic E-state index is 16.2. The van der Waals surface area contributed by atoms with E-state index in [1.165, 1.54) is 10.6 Å². The van der Waals surface area contributed by atoms with Crippen molar-refractivity contribution < 1.29 is 23.4 Å². The molecule has 0 bridgehead atoms. The lowest BCUT2D eigenvalue weighted by atomic mass is 9.85. The maximum absolute atomic E-state index is 16.2. The highest BCUT2D eigenvalue weighted by molar-refractivity contribution is 6.90. The zero-order valence-corrected chi connectivity index (χ0v) is 19.9. The molecule has 1 aromatic carbocycles. The highest BCUT2D eigenvalue weighted by atomic mass is 28.3. The van der Waals surface area contributed by atoms with Gasteiger partial charge >= 0.3 is 5.97 Å². The number of aliphatic hydroxyl groups is 1. The van der Waals surface area contributed by atoms with Crippen molar-refractivity contribution >= 4 is 30.1 Å². The van der Waals surface area contributed by atoms with Gasteiger partial charge < -0.3 is 9.84 Å². The Labute approximate surface area is 189 Å². The first-order chi connectivity index (χ1) is 15.5. The van der Waals surface area contributed by atoms with Crippen molar-refractivity contribution in [3.8, 4) is 11.4 Å². The Morgan fingerprint density at radius 1 is 1.21 bits per heavy atom. The fourth-order valence-corrected chi connectivity index (χ4v) is 7.32. The molecule has 0 amide bonds. The van der Waals surface area contributed by atoms with Crippen LogP contribution in [0.2, 0.25) is 19.6 Å². The Morgan fingerprint density at radius 2 is 1.94 bits per heavy atom. The SMILES string of the molecule is CC[C@@]1(O)CC(=O)OCc2c1c(F)c1n(c2=O)Cc2c-1nc1cccc(F)c1c2[Si](C)(C)C. The molecule has 33 heavy (non-hydrogen) atoms. The number of hydrogen-bond acceptors (Lipinski definition) is 5. The van der Waals surface area contributed by atoms with Crippen LogP contribution in [0.15, 0.2) is 23.0 Å². The minimum Gasteiger partial charge on any atom is -0.460 e. The summed E-state index contributed by atoms with van der Waals surface area (Å²) in [5, 5.41) is 12.4. The summed E-state index contributed by atoms with van der Waals surface area (Å²) < 4.78 is 37.6. The number of esters is 1. The Balaban J connectivity index is 1.92. The van der Waals surface area contributed by atoms with Crippen LogP contribution in [0.5, 0.6) is 0 Å². The number of carbonyl (C=O) groups is 1. The van der Waals surface area contributed by atoms with Crippen LogP contribution in [-0.4, -0.2) is 28.7 Å². The van der Waals surface area contributed by atoms with Gasteiger partial charge in [-0.1, -0.05) is 32.6 Å². The number of ether oxygens (including phenoxy) is 1. The molecule has 2 aromatic heterocycles. The van der Waals surface area contributed by atoms with E-state index in [1.54, 1.807) is 19.1 Å². The van der Waals surface area contributed by atoms with Gasteiger partial charge in [0.25, 0.3) is 5.56 Å². The Bertz CT molecular complexity index is 1430. The van der Waals surface area contributed by atoms with Crippen molar-refractivity contribution in [3.63, 3.8) is 0 Å². The van der Waals surface area contributed by atoms with Crippen LogP contribution < -0.4 is 10.7 Å². The molecule has 9 heteroatoms. The Morgan fingerprint density at radius 3 is 2.61 bits per heavy atom. The molecule has 0 fully saturated rings. The molecule has 6 nitrogen and oxygen atoms in total. The zero-order valence-electron chi connectivity index (χ0n) is 18.9. The lowest BCUT2D eigenvalue weighted by Gasteiger charge is -2.27. The van der Waals surface area contributed by atoms with Crippen LogP contribution in [0.4, 0.5) is 8.78 Å². The monoisotopic (exact) mass is 470 g/mol. The number of benzene rings is 1. The van der Waals surface area contributed by atoms with E-state index in [9.17, 15) is 19.1 Å². The van der Waals surface area contributed by atoms with Crippen molar-refractivity contribution in [2.75, 3.05) is 0 Å². The number of carbonyl (C=O) groups excluding carboxylic acids is 1. The zero-order chi connectivity index (χ0) is 23.9. The molecule has 4 heterocycles. The molecule has 172 valence electrons. The Kier molecular flexibility index (Phi) is 4.67. The lowest BCUT2D eigenvalue weighted by Crippen LogP contribution is -2.41. The second-order valence-electron chi connectivity index (χ2n) is 9.83. The molecule has 3 aromatic rings. The van der Waals surface area contributed by atoms with E-state index in [0.717, 1.165) is 5.19 Å². The minimum atomic E-state index is -2.18. The maximum Gasteiger partial charge on any atom is 0.309 e. The van der Waals surface area contributed by atoms with E-state index >= 15 is 4.39 Å². The number of rotatable bonds is 2. The molecule has 0 unspecified atom stereocenters. The van der Waals surface area contributed by atoms with Gasteiger partial charge in [-0.15, -0.1) is 0 Å². The molecule has 0 spiro atoms. The summed E-state index contributed by atoms with van der Waals surface area (Å²) in [4.78, 5) is 30.2. The lowest BCUT2D eigenvalue weighted by molar-refractivity contribution is -0.149. The molecule has 1 N–H and O–H groups in total. The van der Waals surface area contributed by atoms with Crippen LogP contribution >= 0.6 is 0 Å². The summed E-state index contributed by atoms with van der Waals surface area (Å²) in [5.41, 5.74) is -1.37. The molecular formula is C24H24F2N2O4Si. The normalized spacial score (nSPS) is 19.7. The van der Waals surface area contributed by atoms with Gasteiger partial charge in [-0.25, -0.2) is 13.8 Å². The molecule has 2 aliphatic heterocycles. The highest BCUT2D eigenvalue weighted by Gasteiger charge is 2.44. The molecular weight excluding hydrogens is 446 g/mol. The molecule has 5 rings (SSSR count). The second-order valence-corrected chi connectivity index (χ2v) is 14.8. The fourth-order valence-electron chi connectivity index (χ4n) is 5.22. The molecule has 0 saturated carbocycles. The standard InChI is InChI=1S/C24H24F2N2O4Si/c1-5-24(31)9-16(29)32-11-13-18(24)19(26)21-20-12(10-28(21)23(13)30)22(33(2,3)4)17-14(25)7-6-8-15(17)27-20/h6-8,31H,5,9-11H2,1-4H3/t24-/m1/s1. The van der Waals surface area contributed by atoms with Gasteiger partial charge in [-0.05, 0) is 29.3 Å². The number of pyridine rings is 2. The predicted octanol–water partition coefficient (Wildman–Crippen LogP) is 3.29. The third-order valence-corrected chi connectivity index (χ3v) is 8.77. The number of aromatic nitrogens is 2. The molecule has 2 aliphatic rings. The number of halogens is 2. The van der Waals surface area contributed by atoms with E-state index < -0.39 is 49.9 Å². The van der Waals surface area contributed by atoms with Gasteiger partial charge in [0.2, 0.25) is 0 Å². The molecule has 1 atom stereocenters. The van der Waals surface area contributed by atoms with E-state index in [4.69, 9.17) is 4.74 Å². The summed E-state index contributed by atoms with van der Waals surface area (Å²) in [6, 6.07) is 4.62. The van der Waals surface area contributed by atoms with Crippen LogP contribution in [0.1, 0.15) is 36.5 Å². The van der Waals surface area contributed by atoms with E-state index in [2.05, 4.69) is 24.6 Å². The summed E-state index contributed by atoms with van der Waals surface area (Å²) in [7, 11) is -2.18. The highest BCUT2D eigenvalue weighted by Crippen LogP contribution is 2.41. The average Bonchev–Trinajstić information content (AvgIpc) is 3.05. The first-order valence-corrected chi connectivity index (χ1v) is 14.4. The van der Waals surface area contributed by atoms with Crippen LogP contribution in [-0.2, 0) is 28.3 Å². The van der Waals surface area contributed by atoms with Gasteiger partial charge in [-0.3, -0.25) is 14.2 Å². The number of fused-ring (bicyclic) bond motifs is 5. The second kappa shape index (κ2) is 7.04. The first kappa shape index (κ1) is 21.9. The topological polar surface area (TPSA) is 81.4 Å². The smallest absolute Gasteiger partial charge is 0.309 e. The Hall–Kier alpha value is -2.91. The van der Waals surface area contributed by atoms with Crippen LogP contribution in [0, 0.1) is 11.6 Å². The number of nitrogens with zero attached hydrogens (tertiary/aromatic N) is 2. The summed E-state index contributed by atoms with van der Waals surface area (Å²) in [6.07, 6.45) is -0.419. The van der Waals surface area contributed by atoms with Gasteiger partial charge in [0.05, 0.1) is 37.8 Å². The van der Waals surface area contributed by atoms with Gasteiger partial charge in [0, 0.05) is 10.9 Å². The third-order valence-electron chi connectivity index (χ3n) is 6.72. The average molecular weight is 471 g/mol. The quantitative estimate of drug-likeness (QED) is 0.359. The minimum absolute atomic E-state index is 0.0261. The molecule has 0 saturated heterocycles. The van der Waals surface area contributed by atoms with Crippen molar-refractivity contribution in [3.05, 3.63) is 56.9 Å². The largest absolute Gasteiger partial charge is 0.460 e. The summed E-state index contributed by atoms with van der Waals surface area (Å²) >= 11 is 0. The van der Waals surface area contributed by atoms with Crippen LogP contribution in [0.25, 0.3) is 22.3 Å². The van der Waals surface area contributed by atoms with Gasteiger partial charge in [-0.2, -0.15) is 0 Å². The van der Waals surface area contributed by atoms with E-state index in [1.807, 2.05) is 0 Å². The van der Waals surface area contributed by atoms with E-state index in [0.29, 0.717) is 16.5 Å². The predicted molar refractivity (Wildman–Crippen MR) is 122 cm³/mol. The van der Waals surface area contributed by atoms with Crippen LogP contribution in [0.3, 0.4) is 0 Å². The van der Waals surface area contributed by atoms with Crippen molar-refractivity contribution in [1.82, 2.24) is 9.55 Å². The molecule has 0 aliphatic carbocycles. The van der Waals surface area contributed by atoms with Gasteiger partial charge in [0.15, 0.2) is 5.82 Å². The fraction of sp³-hybridized carbons (Fsp3) is 0.375. The third kappa shape index (κ3) is 3.02. The van der Waals surface area contributed by atoms with Gasteiger partial charge in [0.1, 0.15) is 23.7 Å². The van der Waals surface area contributed by atoms with Crippen molar-refractivity contribution in [2.45, 2.75) is 58.2 Å². The van der Waals surface area contributed by atoms with Crippen molar-refractivity contribution in [2.24, 2.45) is 0 Å². The summed E-state index contributed by atoms with van der Waals surface area (Å²) in [6.45, 7) is 7.47. The van der Waals surface area contributed by atoms with E-state index in [-0.39, 0.29) is 35.5 Å². The number of hydrogen-bond donors (Lipinski definition) is 1. The molecule has 0 radical (unpaired) electrons. The van der Waals surface area contributed by atoms with Crippen molar-refractivity contribution in [1.29, 1.82) is 0 Å².